The summed E-state index contributed by atoms with van der Waals surface area (Å²) in [6.45, 7) is 4.83. The summed E-state index contributed by atoms with van der Waals surface area (Å²) in [5, 5.41) is 3.01. The van der Waals surface area contributed by atoms with Crippen molar-refractivity contribution in [3.05, 3.63) is 35.9 Å². The number of nitrogens with one attached hydrogen (secondary N) is 1. The molecular weight excluding hydrogens is 340 g/mol. The molecule has 1 aliphatic rings. The van der Waals surface area contributed by atoms with Crippen molar-refractivity contribution < 1.29 is 13.2 Å². The van der Waals surface area contributed by atoms with Gasteiger partial charge < -0.3 is 10.2 Å². The highest BCUT2D eigenvalue weighted by Gasteiger charge is 2.28. The quantitative estimate of drug-likeness (QED) is 0.768. The van der Waals surface area contributed by atoms with Crippen LogP contribution in [0.25, 0.3) is 0 Å². The smallest absolute Gasteiger partial charge is 0.281 e. The Hall–Kier alpha value is -1.48. The van der Waals surface area contributed by atoms with Crippen molar-refractivity contribution in [2.45, 2.75) is 19.4 Å². The maximum absolute atomic E-state index is 12.1. The molecule has 0 spiro atoms. The molecule has 1 unspecified atom stereocenters. The largest absolute Gasteiger partial charge is 0.350 e. The van der Waals surface area contributed by atoms with E-state index >= 15 is 0 Å². The second-order valence-corrected chi connectivity index (χ2v) is 8.62. The van der Waals surface area contributed by atoms with Crippen LogP contribution in [0.3, 0.4) is 0 Å². The summed E-state index contributed by atoms with van der Waals surface area (Å²) in [4.78, 5) is 14.3. The van der Waals surface area contributed by atoms with Gasteiger partial charge in [-0.05, 0) is 12.5 Å². The van der Waals surface area contributed by atoms with Gasteiger partial charge >= 0.3 is 0 Å². The van der Waals surface area contributed by atoms with E-state index < -0.39 is 10.2 Å². The molecule has 1 saturated heterocycles. The van der Waals surface area contributed by atoms with Crippen molar-refractivity contribution in [1.82, 2.24) is 18.8 Å². The van der Waals surface area contributed by atoms with Gasteiger partial charge in [-0.1, -0.05) is 30.3 Å². The average Bonchev–Trinajstić information content (AvgIpc) is 2.61. The molecule has 0 aliphatic carbocycles. The standard InChI is InChI=1S/C17H28N4O3S/c1-15(16-7-5-4-6-8-16)18-17(22)9-10-20-11-13-21(14-12-20)25(23,24)19(2)3/h4-8,15H,9-14H2,1-3H3,(H,18,22). The second kappa shape index (κ2) is 8.75. The molecule has 1 atom stereocenters. The van der Waals surface area contributed by atoms with Crippen LogP contribution in [0.1, 0.15) is 24.9 Å². The van der Waals surface area contributed by atoms with Crippen LogP contribution in [0.5, 0.6) is 0 Å². The molecule has 25 heavy (non-hydrogen) atoms. The van der Waals surface area contributed by atoms with E-state index in [2.05, 4.69) is 10.2 Å². The van der Waals surface area contributed by atoms with Gasteiger partial charge in [0.15, 0.2) is 0 Å². The zero-order valence-electron chi connectivity index (χ0n) is 15.2. The Balaban J connectivity index is 1.73. The van der Waals surface area contributed by atoms with E-state index in [1.54, 1.807) is 14.1 Å². The minimum atomic E-state index is -3.34. The van der Waals surface area contributed by atoms with E-state index in [-0.39, 0.29) is 11.9 Å². The van der Waals surface area contributed by atoms with Crippen molar-refractivity contribution in [2.75, 3.05) is 46.8 Å². The fourth-order valence-corrected chi connectivity index (χ4v) is 3.90. The number of rotatable bonds is 7. The van der Waals surface area contributed by atoms with E-state index in [4.69, 9.17) is 0 Å². The lowest BCUT2D eigenvalue weighted by molar-refractivity contribution is -0.122. The number of hydrogen-bond acceptors (Lipinski definition) is 4. The van der Waals surface area contributed by atoms with Crippen molar-refractivity contribution in [3.63, 3.8) is 0 Å². The summed E-state index contributed by atoms with van der Waals surface area (Å²) in [5.74, 6) is 0.0136. The molecule has 8 heteroatoms. The summed E-state index contributed by atoms with van der Waals surface area (Å²) in [6, 6.07) is 9.84. The first kappa shape index (κ1) is 19.8. The minimum absolute atomic E-state index is 0.0136. The Morgan fingerprint density at radius 3 is 2.32 bits per heavy atom. The number of carbonyl (C=O) groups excluding carboxylic acids is 1. The van der Waals surface area contributed by atoms with E-state index in [0.29, 0.717) is 39.1 Å². The molecule has 140 valence electrons. The molecule has 1 heterocycles. The molecule has 0 radical (unpaired) electrons. The third-order valence-corrected chi connectivity index (χ3v) is 6.39. The third-order valence-electron chi connectivity index (χ3n) is 4.45. The van der Waals surface area contributed by atoms with Gasteiger partial charge in [-0.3, -0.25) is 4.79 Å². The zero-order valence-corrected chi connectivity index (χ0v) is 16.0. The van der Waals surface area contributed by atoms with Gasteiger partial charge in [-0.2, -0.15) is 17.0 Å². The van der Waals surface area contributed by atoms with Crippen molar-refractivity contribution in [3.8, 4) is 0 Å². The molecule has 1 N–H and O–H groups in total. The molecular formula is C17H28N4O3S. The minimum Gasteiger partial charge on any atom is -0.350 e. The van der Waals surface area contributed by atoms with Crippen LogP contribution in [0.4, 0.5) is 0 Å². The number of amides is 1. The molecule has 2 rings (SSSR count). The lowest BCUT2D eigenvalue weighted by Crippen LogP contribution is -2.52. The molecule has 0 bridgehead atoms. The van der Waals surface area contributed by atoms with Gasteiger partial charge in [0, 0.05) is 53.2 Å². The summed E-state index contributed by atoms with van der Waals surface area (Å²) < 4.78 is 26.9. The Labute approximate surface area is 150 Å². The SMILES string of the molecule is CC(NC(=O)CCN1CCN(S(=O)(=O)N(C)C)CC1)c1ccccc1. The fourth-order valence-electron chi connectivity index (χ4n) is 2.81. The first-order chi connectivity index (χ1) is 11.8. The maximum Gasteiger partial charge on any atom is 0.281 e. The molecule has 1 aliphatic heterocycles. The van der Waals surface area contributed by atoms with Crippen LogP contribution < -0.4 is 5.32 Å². The first-order valence-corrected chi connectivity index (χ1v) is 9.94. The molecule has 1 fully saturated rings. The van der Waals surface area contributed by atoms with Crippen molar-refractivity contribution in [1.29, 1.82) is 0 Å². The number of nitrogens with zero attached hydrogens (tertiary/aromatic N) is 3. The van der Waals surface area contributed by atoms with Gasteiger partial charge in [-0.25, -0.2) is 0 Å². The monoisotopic (exact) mass is 368 g/mol. The fraction of sp³-hybridized carbons (Fsp3) is 0.588. The van der Waals surface area contributed by atoms with Crippen LogP contribution in [0.15, 0.2) is 30.3 Å². The summed E-state index contributed by atoms with van der Waals surface area (Å²) in [6.07, 6.45) is 0.414. The third kappa shape index (κ3) is 5.50. The molecule has 1 aromatic rings. The van der Waals surface area contributed by atoms with Crippen LogP contribution in [0.2, 0.25) is 0 Å². The van der Waals surface area contributed by atoms with Gasteiger partial charge in [0.2, 0.25) is 5.91 Å². The lowest BCUT2D eigenvalue weighted by atomic mass is 10.1. The predicted molar refractivity (Wildman–Crippen MR) is 98.2 cm³/mol. The highest BCUT2D eigenvalue weighted by molar-refractivity contribution is 7.86. The predicted octanol–water partition coefficient (Wildman–Crippen LogP) is 0.678. The van der Waals surface area contributed by atoms with Crippen molar-refractivity contribution in [2.24, 2.45) is 0 Å². The summed E-state index contributed by atoms with van der Waals surface area (Å²) in [5.41, 5.74) is 1.08. The number of hydrogen-bond donors (Lipinski definition) is 1. The van der Waals surface area contributed by atoms with Gasteiger partial charge in [0.25, 0.3) is 10.2 Å². The zero-order chi connectivity index (χ0) is 18.4. The Kier molecular flexibility index (Phi) is 6.95. The molecule has 0 aromatic heterocycles. The van der Waals surface area contributed by atoms with E-state index in [1.165, 1.54) is 8.61 Å². The van der Waals surface area contributed by atoms with Crippen LogP contribution in [-0.2, 0) is 15.0 Å². The first-order valence-electron chi connectivity index (χ1n) is 8.55. The van der Waals surface area contributed by atoms with E-state index in [0.717, 1.165) is 5.56 Å². The molecule has 0 saturated carbocycles. The normalized spacial score (nSPS) is 18.2. The van der Waals surface area contributed by atoms with Gasteiger partial charge in [0.1, 0.15) is 0 Å². The molecule has 7 nitrogen and oxygen atoms in total. The number of piperazine rings is 1. The average molecular weight is 369 g/mol. The van der Waals surface area contributed by atoms with E-state index in [1.807, 2.05) is 37.3 Å². The topological polar surface area (TPSA) is 73.0 Å². The Morgan fingerprint density at radius 2 is 1.76 bits per heavy atom. The van der Waals surface area contributed by atoms with Crippen LogP contribution in [0, 0.1) is 0 Å². The van der Waals surface area contributed by atoms with Crippen LogP contribution >= 0.6 is 0 Å². The highest BCUT2D eigenvalue weighted by atomic mass is 32.2. The highest BCUT2D eigenvalue weighted by Crippen LogP contribution is 2.12. The summed E-state index contributed by atoms with van der Waals surface area (Å²) in [7, 11) is -0.257. The van der Waals surface area contributed by atoms with Gasteiger partial charge in [0.05, 0.1) is 6.04 Å². The number of carbonyl (C=O) groups is 1. The second-order valence-electron chi connectivity index (χ2n) is 6.48. The Morgan fingerprint density at radius 1 is 1.16 bits per heavy atom. The lowest BCUT2D eigenvalue weighted by Gasteiger charge is -2.35. The van der Waals surface area contributed by atoms with Crippen LogP contribution in [-0.4, -0.2) is 74.7 Å². The van der Waals surface area contributed by atoms with Crippen molar-refractivity contribution >= 4 is 16.1 Å². The van der Waals surface area contributed by atoms with E-state index in [9.17, 15) is 13.2 Å². The molecule has 1 amide bonds. The Bertz CT molecular complexity index is 656. The summed E-state index contributed by atoms with van der Waals surface area (Å²) >= 11 is 0. The number of benzene rings is 1. The molecule has 1 aromatic carbocycles. The van der Waals surface area contributed by atoms with Gasteiger partial charge in [-0.15, -0.1) is 0 Å². The maximum atomic E-state index is 12.1.